The Balaban J connectivity index is 1.39. The van der Waals surface area contributed by atoms with Gasteiger partial charge in [0.25, 0.3) is 0 Å². The van der Waals surface area contributed by atoms with Crippen LogP contribution in [0.5, 0.6) is 0 Å². The van der Waals surface area contributed by atoms with E-state index < -0.39 is 0 Å². The highest BCUT2D eigenvalue weighted by atomic mass is 35.5. The summed E-state index contributed by atoms with van der Waals surface area (Å²) >= 11 is 6.07. The molecule has 1 fully saturated rings. The van der Waals surface area contributed by atoms with E-state index in [1.165, 1.54) is 10.5 Å². The fraction of sp³-hybridized carbons (Fsp3) is 0.316. The summed E-state index contributed by atoms with van der Waals surface area (Å²) in [4.78, 5) is 15.1. The Kier molecular flexibility index (Phi) is 4.61. The number of hydrogen-bond donors (Lipinski definition) is 2. The maximum absolute atomic E-state index is 12.1. The van der Waals surface area contributed by atoms with Crippen molar-refractivity contribution < 1.29 is 14.2 Å². The van der Waals surface area contributed by atoms with Crippen molar-refractivity contribution >= 4 is 22.7 Å². The number of aromatic nitrogens is 1. The molecule has 2 aromatic carbocycles. The molecule has 1 aliphatic rings. The zero-order valence-corrected chi connectivity index (χ0v) is 14.8. The Morgan fingerprint density at radius 1 is 1.00 bits per heavy atom. The van der Waals surface area contributed by atoms with E-state index >= 15 is 0 Å². The van der Waals surface area contributed by atoms with Crippen molar-refractivity contribution in [1.29, 1.82) is 0 Å². The summed E-state index contributed by atoms with van der Waals surface area (Å²) in [5.74, 6) is -0.262. The lowest BCUT2D eigenvalue weighted by Crippen LogP contribution is -3.27. The van der Waals surface area contributed by atoms with Gasteiger partial charge < -0.3 is 14.2 Å². The van der Waals surface area contributed by atoms with Crippen molar-refractivity contribution in [3.8, 4) is 0 Å². The molecule has 3 aromatic rings. The first-order valence-electron chi connectivity index (χ1n) is 8.69. The Morgan fingerprint density at radius 3 is 2.56 bits per heavy atom. The lowest BCUT2D eigenvalue weighted by Gasteiger charge is -2.29. The monoisotopic (exact) mass is 359 g/mol. The number of hydrogen-bond acceptors (Lipinski definition) is 2. The van der Waals surface area contributed by atoms with Crippen LogP contribution in [-0.4, -0.2) is 30.7 Å². The number of nitrogens with zero attached hydrogens (tertiary/aromatic N) is 1. The summed E-state index contributed by atoms with van der Waals surface area (Å²) < 4.78 is 7.08. The quantitative estimate of drug-likeness (QED) is 0.698. The van der Waals surface area contributed by atoms with Gasteiger partial charge in [0.15, 0.2) is 12.3 Å². The molecule has 0 amide bonds. The molecule has 6 heteroatoms. The minimum absolute atomic E-state index is 0.262. The van der Waals surface area contributed by atoms with E-state index in [1.807, 2.05) is 42.5 Å². The summed E-state index contributed by atoms with van der Waals surface area (Å²) in [6.07, 6.45) is 0. The van der Waals surface area contributed by atoms with Gasteiger partial charge in [0.05, 0.1) is 5.52 Å². The van der Waals surface area contributed by atoms with E-state index in [-0.39, 0.29) is 5.76 Å². The molecule has 0 unspecified atom stereocenters. The molecule has 1 aliphatic heterocycles. The van der Waals surface area contributed by atoms with E-state index in [1.54, 1.807) is 9.47 Å². The highest BCUT2D eigenvalue weighted by Gasteiger charge is 2.24. The van der Waals surface area contributed by atoms with Gasteiger partial charge in [-0.15, -0.1) is 0 Å². The normalized spacial score (nSPS) is 20.8. The van der Waals surface area contributed by atoms with E-state index in [4.69, 9.17) is 16.0 Å². The van der Waals surface area contributed by atoms with Crippen LogP contribution in [0.1, 0.15) is 5.56 Å². The Morgan fingerprint density at radius 2 is 1.76 bits per heavy atom. The third kappa shape index (κ3) is 3.63. The molecule has 130 valence electrons. The number of fused-ring (bicyclic) bond motifs is 1. The molecular formula is C19H22ClN3O2+2. The predicted octanol–water partition coefficient (Wildman–Crippen LogP) is 0.189. The first-order valence-corrected chi connectivity index (χ1v) is 9.07. The second-order valence-corrected chi connectivity index (χ2v) is 7.16. The fourth-order valence-corrected chi connectivity index (χ4v) is 3.83. The molecule has 5 nitrogen and oxygen atoms in total. The number of halogens is 1. The zero-order chi connectivity index (χ0) is 17.2. The van der Waals surface area contributed by atoms with Gasteiger partial charge >= 0.3 is 5.76 Å². The van der Waals surface area contributed by atoms with Crippen molar-refractivity contribution in [2.75, 3.05) is 26.2 Å². The van der Waals surface area contributed by atoms with Crippen LogP contribution in [0.4, 0.5) is 0 Å². The first-order chi connectivity index (χ1) is 12.2. The number of oxazole rings is 1. The van der Waals surface area contributed by atoms with Crippen LogP contribution >= 0.6 is 11.6 Å². The van der Waals surface area contributed by atoms with Gasteiger partial charge in [-0.25, -0.2) is 9.36 Å². The summed E-state index contributed by atoms with van der Waals surface area (Å²) in [6, 6.07) is 15.7. The number of rotatable bonds is 4. The van der Waals surface area contributed by atoms with E-state index in [2.05, 4.69) is 6.07 Å². The summed E-state index contributed by atoms with van der Waals surface area (Å²) in [6.45, 7) is 5.94. The number of quaternary nitrogens is 2. The second-order valence-electron chi connectivity index (χ2n) is 6.73. The third-order valence-corrected chi connectivity index (χ3v) is 5.20. The molecule has 2 N–H and O–H groups in total. The van der Waals surface area contributed by atoms with Gasteiger partial charge in [0.2, 0.25) is 0 Å². The van der Waals surface area contributed by atoms with Crippen molar-refractivity contribution in [2.45, 2.75) is 13.2 Å². The van der Waals surface area contributed by atoms with Crippen molar-refractivity contribution in [2.24, 2.45) is 0 Å². The molecule has 1 aromatic heterocycles. The van der Waals surface area contributed by atoms with Gasteiger partial charge in [-0.05, 0) is 24.3 Å². The lowest BCUT2D eigenvalue weighted by atomic mass is 10.2. The molecule has 0 aliphatic carbocycles. The van der Waals surface area contributed by atoms with Gasteiger partial charge in [0.1, 0.15) is 32.7 Å². The van der Waals surface area contributed by atoms with Gasteiger partial charge in [-0.1, -0.05) is 35.9 Å². The van der Waals surface area contributed by atoms with Crippen molar-refractivity contribution in [1.82, 2.24) is 4.57 Å². The van der Waals surface area contributed by atoms with Gasteiger partial charge in [-0.3, -0.25) is 0 Å². The Bertz CT molecular complexity index is 926. The number of para-hydroxylation sites is 2. The molecule has 0 bridgehead atoms. The van der Waals surface area contributed by atoms with E-state index in [9.17, 15) is 4.79 Å². The topological polar surface area (TPSA) is 44.0 Å². The molecule has 0 spiro atoms. The molecule has 0 saturated carbocycles. The van der Waals surface area contributed by atoms with Crippen LogP contribution in [0.15, 0.2) is 57.7 Å². The second kappa shape index (κ2) is 7.04. The van der Waals surface area contributed by atoms with Crippen molar-refractivity contribution in [3.05, 3.63) is 69.7 Å². The van der Waals surface area contributed by atoms with E-state index in [0.717, 1.165) is 43.3 Å². The molecule has 25 heavy (non-hydrogen) atoms. The van der Waals surface area contributed by atoms with Gasteiger partial charge in [0, 0.05) is 10.6 Å². The minimum atomic E-state index is -0.262. The minimum Gasteiger partial charge on any atom is -0.408 e. The highest BCUT2D eigenvalue weighted by molar-refractivity contribution is 6.30. The van der Waals surface area contributed by atoms with Crippen LogP contribution in [-0.2, 0) is 13.2 Å². The van der Waals surface area contributed by atoms with Crippen LogP contribution in [0, 0.1) is 0 Å². The molecule has 0 radical (unpaired) electrons. The summed E-state index contributed by atoms with van der Waals surface area (Å²) in [5.41, 5.74) is 2.83. The third-order valence-electron chi connectivity index (χ3n) is 4.96. The average molecular weight is 360 g/mol. The maximum Gasteiger partial charge on any atom is 0.424 e. The van der Waals surface area contributed by atoms with Gasteiger partial charge in [-0.2, -0.15) is 0 Å². The van der Waals surface area contributed by atoms with Crippen molar-refractivity contribution in [3.63, 3.8) is 0 Å². The average Bonchev–Trinajstić information content (AvgIpc) is 2.92. The maximum atomic E-state index is 12.1. The van der Waals surface area contributed by atoms with Crippen LogP contribution < -0.4 is 15.6 Å². The summed E-state index contributed by atoms with van der Waals surface area (Å²) in [5, 5.41) is 0.798. The standard InChI is InChI=1S/C19H20ClN3O2/c20-16-5-3-4-15(12-16)13-21-8-10-22(11-9-21)14-23-17-6-1-2-7-18(17)25-19(23)24/h1-7,12H,8-11,13-14H2/p+2. The fourth-order valence-electron chi connectivity index (χ4n) is 3.61. The van der Waals surface area contributed by atoms with E-state index in [0.29, 0.717) is 12.3 Å². The first kappa shape index (κ1) is 16.4. The predicted molar refractivity (Wildman–Crippen MR) is 97.0 cm³/mol. The molecule has 0 atom stereocenters. The smallest absolute Gasteiger partial charge is 0.408 e. The van der Waals surface area contributed by atoms with Crippen LogP contribution in [0.25, 0.3) is 11.1 Å². The largest absolute Gasteiger partial charge is 0.424 e. The molecular weight excluding hydrogens is 338 g/mol. The summed E-state index contributed by atoms with van der Waals surface area (Å²) in [7, 11) is 0. The van der Waals surface area contributed by atoms with Crippen LogP contribution in [0.2, 0.25) is 5.02 Å². The zero-order valence-electron chi connectivity index (χ0n) is 14.0. The highest BCUT2D eigenvalue weighted by Crippen LogP contribution is 2.11. The molecule has 2 heterocycles. The molecule has 4 rings (SSSR count). The number of nitrogens with one attached hydrogen (secondary N) is 2. The SMILES string of the molecule is O=c1oc2ccccc2n1C[NH+]1CC[NH+](Cc2cccc(Cl)c2)CC1. The Labute approximate surface area is 151 Å². The number of benzene rings is 2. The Hall–Kier alpha value is -2.08. The number of piperazine rings is 1. The lowest BCUT2D eigenvalue weighted by molar-refractivity contribution is -1.03. The molecule has 1 saturated heterocycles. The van der Waals surface area contributed by atoms with Crippen LogP contribution in [0.3, 0.4) is 0 Å².